The second-order valence-electron chi connectivity index (χ2n) is 8.75. The van der Waals surface area contributed by atoms with E-state index < -0.39 is 6.10 Å². The number of amides is 1. The smallest absolute Gasteiger partial charge is 0.269 e. The van der Waals surface area contributed by atoms with E-state index in [9.17, 15) is 20.4 Å². The van der Waals surface area contributed by atoms with Gasteiger partial charge in [0.1, 0.15) is 47.5 Å². The number of aliphatic hydroxyl groups is 1. The number of hydrogen-bond acceptors (Lipinski definition) is 10. The van der Waals surface area contributed by atoms with E-state index in [0.717, 1.165) is 5.56 Å². The van der Waals surface area contributed by atoms with E-state index in [0.29, 0.717) is 77.6 Å². The number of benzene rings is 1. The maximum atomic E-state index is 12.0. The van der Waals surface area contributed by atoms with E-state index >= 15 is 0 Å². The molecule has 5 rings (SSSR count). The van der Waals surface area contributed by atoms with Crippen molar-refractivity contribution in [1.82, 2.24) is 15.3 Å². The maximum absolute atomic E-state index is 12.0. The molecule has 1 aromatic carbocycles. The van der Waals surface area contributed by atoms with Crippen LogP contribution in [0.4, 0.5) is 5.82 Å². The minimum absolute atomic E-state index is 0.266. The first-order valence-electron chi connectivity index (χ1n) is 12.0. The summed E-state index contributed by atoms with van der Waals surface area (Å²) < 4.78 is 11.4. The molecule has 192 valence electrons. The molecule has 0 bridgehead atoms. The molecule has 2 aliphatic heterocycles. The van der Waals surface area contributed by atoms with Gasteiger partial charge in [-0.15, -0.1) is 11.8 Å². The Morgan fingerprint density at radius 1 is 1.18 bits per heavy atom. The number of rotatable bonds is 6. The first kappa shape index (κ1) is 25.3. The lowest BCUT2D eigenvalue weighted by Crippen LogP contribution is -2.24. The Kier molecular flexibility index (Phi) is 7.31. The van der Waals surface area contributed by atoms with Crippen LogP contribution < -0.4 is 19.7 Å². The van der Waals surface area contributed by atoms with E-state index in [1.807, 2.05) is 4.90 Å². The molecule has 1 amide bonds. The highest BCUT2D eigenvalue weighted by Gasteiger charge is 2.29. The van der Waals surface area contributed by atoms with Crippen LogP contribution in [0.5, 0.6) is 11.5 Å². The molecular formula is C27H24N6O4S. The fourth-order valence-corrected chi connectivity index (χ4v) is 5.41. The minimum atomic E-state index is -0.521. The molecule has 10 nitrogen and oxygen atoms in total. The lowest BCUT2D eigenvalue weighted by Gasteiger charge is -2.23. The van der Waals surface area contributed by atoms with Gasteiger partial charge in [0.05, 0.1) is 11.7 Å². The molecular weight excluding hydrogens is 504 g/mol. The van der Waals surface area contributed by atoms with Gasteiger partial charge in [0.25, 0.3) is 5.91 Å². The summed E-state index contributed by atoms with van der Waals surface area (Å²) in [5, 5.41) is 33.7. The average Bonchev–Trinajstić information content (AvgIpc) is 3.40. The summed E-state index contributed by atoms with van der Waals surface area (Å²) >= 11 is 1.34. The van der Waals surface area contributed by atoms with E-state index in [4.69, 9.17) is 14.5 Å². The van der Waals surface area contributed by atoms with Crippen molar-refractivity contribution in [2.45, 2.75) is 23.3 Å². The number of pyridine rings is 2. The summed E-state index contributed by atoms with van der Waals surface area (Å²) in [7, 11) is 1.54. The van der Waals surface area contributed by atoms with Gasteiger partial charge in [-0.05, 0) is 41.8 Å². The standard InChI is InChI=1S/C27H24N6O4S/c1-30-26(35)21-10-16(4-6-31-21)15-38-27-20(13-29)24(17-2-3-22-23(11-17)37-9-8-36-22)19(12-28)25(32-27)33-7-5-18(34)14-33/h2-4,6,10-11,18,34H,5,7-9,14-15H2,1H3,(H,30,35)/t18-/m1/s1. The first-order valence-corrected chi connectivity index (χ1v) is 13.0. The molecule has 0 spiro atoms. The highest BCUT2D eigenvalue weighted by Crippen LogP contribution is 2.42. The Bertz CT molecular complexity index is 1480. The van der Waals surface area contributed by atoms with Crippen molar-refractivity contribution in [1.29, 1.82) is 10.5 Å². The summed E-state index contributed by atoms with van der Waals surface area (Å²) in [6, 6.07) is 13.4. The molecule has 2 aliphatic rings. The number of anilines is 1. The van der Waals surface area contributed by atoms with Crippen LogP contribution in [0, 0.1) is 22.7 Å². The zero-order chi connectivity index (χ0) is 26.6. The number of nitrogens with zero attached hydrogens (tertiary/aromatic N) is 5. The number of thioether (sulfide) groups is 1. The predicted octanol–water partition coefficient (Wildman–Crippen LogP) is 2.88. The number of aromatic nitrogens is 2. The van der Waals surface area contributed by atoms with Crippen LogP contribution in [0.3, 0.4) is 0 Å². The molecule has 0 radical (unpaired) electrons. The van der Waals surface area contributed by atoms with Crippen molar-refractivity contribution >= 4 is 23.5 Å². The molecule has 1 fully saturated rings. The van der Waals surface area contributed by atoms with E-state index in [2.05, 4.69) is 22.4 Å². The van der Waals surface area contributed by atoms with E-state index in [-0.39, 0.29) is 17.0 Å². The Morgan fingerprint density at radius 2 is 1.97 bits per heavy atom. The topological polar surface area (TPSA) is 144 Å². The number of fused-ring (bicyclic) bond motifs is 1. The second kappa shape index (κ2) is 11.0. The Balaban J connectivity index is 1.61. The number of ether oxygens (including phenoxy) is 2. The fraction of sp³-hybridized carbons (Fsp3) is 0.296. The molecule has 11 heteroatoms. The number of hydrogen-bond donors (Lipinski definition) is 2. The molecule has 4 heterocycles. The van der Waals surface area contributed by atoms with Crippen LogP contribution in [0.1, 0.15) is 33.6 Å². The van der Waals surface area contributed by atoms with Gasteiger partial charge in [0.15, 0.2) is 11.5 Å². The zero-order valence-electron chi connectivity index (χ0n) is 20.6. The van der Waals surface area contributed by atoms with Gasteiger partial charge < -0.3 is 24.8 Å². The average molecular weight is 529 g/mol. The van der Waals surface area contributed by atoms with Crippen LogP contribution in [0.2, 0.25) is 0 Å². The maximum Gasteiger partial charge on any atom is 0.269 e. The highest BCUT2D eigenvalue weighted by atomic mass is 32.2. The van der Waals surface area contributed by atoms with Gasteiger partial charge in [0.2, 0.25) is 0 Å². The number of carbonyl (C=O) groups excluding carboxylic acids is 1. The number of β-amino-alcohol motifs (C(OH)–C–C–N with tert-alkyl or cyclic N) is 1. The molecule has 1 atom stereocenters. The number of aliphatic hydroxyl groups excluding tert-OH is 1. The van der Waals surface area contributed by atoms with Crippen LogP contribution in [0.15, 0.2) is 41.6 Å². The molecule has 0 unspecified atom stereocenters. The zero-order valence-corrected chi connectivity index (χ0v) is 21.4. The van der Waals surface area contributed by atoms with Crippen LogP contribution in [-0.4, -0.2) is 60.4 Å². The molecule has 1 saturated heterocycles. The quantitative estimate of drug-likeness (QED) is 0.458. The molecule has 0 aliphatic carbocycles. The van der Waals surface area contributed by atoms with Gasteiger partial charge in [-0.1, -0.05) is 6.07 Å². The minimum Gasteiger partial charge on any atom is -0.486 e. The van der Waals surface area contributed by atoms with Gasteiger partial charge in [0, 0.05) is 37.7 Å². The monoisotopic (exact) mass is 528 g/mol. The van der Waals surface area contributed by atoms with Crippen molar-refractivity contribution in [2.75, 3.05) is 38.3 Å². The highest BCUT2D eigenvalue weighted by molar-refractivity contribution is 7.98. The second-order valence-corrected chi connectivity index (χ2v) is 9.72. The van der Waals surface area contributed by atoms with Gasteiger partial charge >= 0.3 is 0 Å². The molecule has 0 saturated carbocycles. The van der Waals surface area contributed by atoms with Crippen molar-refractivity contribution < 1.29 is 19.4 Å². The SMILES string of the molecule is CNC(=O)c1cc(CSc2nc(N3CC[C@@H](O)C3)c(C#N)c(-c3ccc4c(c3)OCCO4)c2C#N)ccn1. The van der Waals surface area contributed by atoms with Crippen LogP contribution in [0.25, 0.3) is 11.1 Å². The lowest BCUT2D eigenvalue weighted by molar-refractivity contribution is 0.0958. The third kappa shape index (κ3) is 4.94. The molecule has 3 aromatic rings. The van der Waals surface area contributed by atoms with Gasteiger partial charge in [-0.2, -0.15) is 10.5 Å². The molecule has 38 heavy (non-hydrogen) atoms. The summed E-state index contributed by atoms with van der Waals surface area (Å²) in [5.74, 6) is 1.71. The van der Waals surface area contributed by atoms with Gasteiger partial charge in [-0.25, -0.2) is 4.98 Å². The fourth-order valence-electron chi connectivity index (χ4n) is 4.48. The van der Waals surface area contributed by atoms with Crippen LogP contribution >= 0.6 is 11.8 Å². The van der Waals surface area contributed by atoms with E-state index in [1.165, 1.54) is 11.8 Å². The van der Waals surface area contributed by atoms with Crippen molar-refractivity contribution in [2.24, 2.45) is 0 Å². The molecule has 2 N–H and O–H groups in total. The lowest BCUT2D eigenvalue weighted by atomic mass is 9.96. The Hall–Kier alpha value is -4.32. The first-order chi connectivity index (χ1) is 18.5. The number of nitrogens with one attached hydrogen (secondary N) is 1. The third-order valence-corrected chi connectivity index (χ3v) is 7.37. The summed E-state index contributed by atoms with van der Waals surface area (Å²) in [4.78, 5) is 22.8. The normalized spacial score (nSPS) is 16.0. The summed E-state index contributed by atoms with van der Waals surface area (Å²) in [6.45, 7) is 1.75. The Labute approximate surface area is 223 Å². The van der Waals surface area contributed by atoms with Crippen molar-refractivity contribution in [3.05, 3.63) is 58.9 Å². The third-order valence-electron chi connectivity index (χ3n) is 6.32. The molecule has 2 aromatic heterocycles. The van der Waals surface area contributed by atoms with Crippen molar-refractivity contribution in [3.8, 4) is 34.8 Å². The summed E-state index contributed by atoms with van der Waals surface area (Å²) in [6.07, 6.45) is 1.61. The summed E-state index contributed by atoms with van der Waals surface area (Å²) in [5.41, 5.74) is 2.76. The van der Waals surface area contributed by atoms with Gasteiger partial charge in [-0.3, -0.25) is 9.78 Å². The van der Waals surface area contributed by atoms with E-state index in [1.54, 1.807) is 43.6 Å². The Morgan fingerprint density at radius 3 is 2.68 bits per heavy atom. The largest absolute Gasteiger partial charge is 0.486 e. The number of nitriles is 2. The number of carbonyl (C=O) groups is 1. The predicted molar refractivity (Wildman–Crippen MR) is 140 cm³/mol. The van der Waals surface area contributed by atoms with Crippen molar-refractivity contribution in [3.63, 3.8) is 0 Å². The van der Waals surface area contributed by atoms with Crippen LogP contribution in [-0.2, 0) is 5.75 Å².